The number of carbonyl (C=O) groups is 1. The van der Waals surface area contributed by atoms with E-state index < -0.39 is 12.0 Å². The van der Waals surface area contributed by atoms with Gasteiger partial charge in [0.25, 0.3) is 0 Å². The molecule has 1 aromatic heterocycles. The van der Waals surface area contributed by atoms with E-state index in [9.17, 15) is 4.79 Å². The lowest BCUT2D eigenvalue weighted by molar-refractivity contribution is 0.0696. The van der Waals surface area contributed by atoms with Crippen LogP contribution in [0.1, 0.15) is 27.5 Å². The van der Waals surface area contributed by atoms with Gasteiger partial charge in [0.1, 0.15) is 5.58 Å². The van der Waals surface area contributed by atoms with Gasteiger partial charge in [-0.15, -0.1) is 0 Å². The summed E-state index contributed by atoms with van der Waals surface area (Å²) in [5.74, 6) is -0.962. The Morgan fingerprint density at radius 2 is 1.95 bits per heavy atom. The van der Waals surface area contributed by atoms with E-state index in [0.717, 1.165) is 22.1 Å². The van der Waals surface area contributed by atoms with Gasteiger partial charge in [0, 0.05) is 10.9 Å². The molecule has 0 spiro atoms. The number of benzene rings is 2. The second-order valence-electron chi connectivity index (χ2n) is 4.60. The number of nitrogens with two attached hydrogens (primary N) is 1. The second-order valence-corrected chi connectivity index (χ2v) is 4.60. The molecule has 0 aliphatic heterocycles. The van der Waals surface area contributed by atoms with E-state index >= 15 is 0 Å². The molecule has 3 aromatic rings. The van der Waals surface area contributed by atoms with Crippen molar-refractivity contribution in [2.45, 2.75) is 6.04 Å². The van der Waals surface area contributed by atoms with E-state index in [4.69, 9.17) is 15.3 Å². The third kappa shape index (κ3) is 2.06. The molecular formula is C16H13NO3. The SMILES string of the molecule is NC(c1cccc(C(=O)O)c1)c1coc2ccccc12. The number of para-hydroxylation sites is 1. The number of carboxylic acids is 1. The summed E-state index contributed by atoms with van der Waals surface area (Å²) in [5.41, 5.74) is 8.84. The fourth-order valence-corrected chi connectivity index (χ4v) is 2.28. The summed E-state index contributed by atoms with van der Waals surface area (Å²) >= 11 is 0. The van der Waals surface area contributed by atoms with Crippen LogP contribution in [-0.2, 0) is 0 Å². The van der Waals surface area contributed by atoms with Gasteiger partial charge < -0.3 is 15.3 Å². The van der Waals surface area contributed by atoms with Crippen LogP contribution < -0.4 is 5.73 Å². The lowest BCUT2D eigenvalue weighted by atomic mass is 9.97. The van der Waals surface area contributed by atoms with Crippen LogP contribution in [-0.4, -0.2) is 11.1 Å². The first-order valence-corrected chi connectivity index (χ1v) is 6.22. The highest BCUT2D eigenvalue weighted by Crippen LogP contribution is 2.29. The van der Waals surface area contributed by atoms with Gasteiger partial charge in [-0.1, -0.05) is 30.3 Å². The van der Waals surface area contributed by atoms with Gasteiger partial charge in [-0.2, -0.15) is 0 Å². The average molecular weight is 267 g/mol. The Balaban J connectivity index is 2.06. The highest BCUT2D eigenvalue weighted by atomic mass is 16.4. The zero-order chi connectivity index (χ0) is 14.1. The monoisotopic (exact) mass is 267 g/mol. The normalized spacial score (nSPS) is 12.4. The van der Waals surface area contributed by atoms with Gasteiger partial charge in [0.2, 0.25) is 0 Å². The van der Waals surface area contributed by atoms with Gasteiger partial charge >= 0.3 is 5.97 Å². The predicted molar refractivity (Wildman–Crippen MR) is 75.6 cm³/mol. The first-order valence-electron chi connectivity index (χ1n) is 6.22. The van der Waals surface area contributed by atoms with Gasteiger partial charge in [-0.3, -0.25) is 0 Å². The molecule has 4 nitrogen and oxygen atoms in total. The molecule has 0 aliphatic carbocycles. The zero-order valence-electron chi connectivity index (χ0n) is 10.6. The molecular weight excluding hydrogens is 254 g/mol. The van der Waals surface area contributed by atoms with Crippen LogP contribution in [0.4, 0.5) is 0 Å². The minimum atomic E-state index is -0.962. The van der Waals surface area contributed by atoms with Crippen molar-refractivity contribution in [1.82, 2.24) is 0 Å². The van der Waals surface area contributed by atoms with Crippen molar-refractivity contribution < 1.29 is 14.3 Å². The van der Waals surface area contributed by atoms with E-state index in [-0.39, 0.29) is 5.56 Å². The number of fused-ring (bicyclic) bond motifs is 1. The Hall–Kier alpha value is -2.59. The molecule has 0 aliphatic rings. The lowest BCUT2D eigenvalue weighted by Gasteiger charge is -2.11. The van der Waals surface area contributed by atoms with E-state index in [0.29, 0.717) is 0 Å². The molecule has 3 rings (SSSR count). The maximum absolute atomic E-state index is 11.0. The molecule has 0 radical (unpaired) electrons. The number of hydrogen-bond acceptors (Lipinski definition) is 3. The molecule has 1 heterocycles. The number of rotatable bonds is 3. The van der Waals surface area contributed by atoms with E-state index in [1.54, 1.807) is 24.5 Å². The molecule has 2 aromatic carbocycles. The van der Waals surface area contributed by atoms with Crippen molar-refractivity contribution in [3.05, 3.63) is 71.5 Å². The van der Waals surface area contributed by atoms with Crippen LogP contribution in [0.5, 0.6) is 0 Å². The number of aromatic carboxylic acids is 1. The topological polar surface area (TPSA) is 76.5 Å². The Kier molecular flexibility index (Phi) is 3.00. The lowest BCUT2D eigenvalue weighted by Crippen LogP contribution is -2.12. The van der Waals surface area contributed by atoms with Crippen LogP contribution in [0.3, 0.4) is 0 Å². The largest absolute Gasteiger partial charge is 0.478 e. The first-order chi connectivity index (χ1) is 9.66. The molecule has 3 N–H and O–H groups in total. The number of carboxylic acid groups (broad SMARTS) is 1. The fourth-order valence-electron chi connectivity index (χ4n) is 2.28. The van der Waals surface area contributed by atoms with Crippen molar-refractivity contribution in [1.29, 1.82) is 0 Å². The Morgan fingerprint density at radius 1 is 1.15 bits per heavy atom. The zero-order valence-corrected chi connectivity index (χ0v) is 10.6. The van der Waals surface area contributed by atoms with Crippen molar-refractivity contribution in [3.8, 4) is 0 Å². The predicted octanol–water partition coefficient (Wildman–Crippen LogP) is 3.18. The summed E-state index contributed by atoms with van der Waals surface area (Å²) in [4.78, 5) is 11.0. The Morgan fingerprint density at radius 3 is 2.75 bits per heavy atom. The van der Waals surface area contributed by atoms with Gasteiger partial charge in [-0.25, -0.2) is 4.79 Å². The maximum Gasteiger partial charge on any atom is 0.335 e. The molecule has 0 amide bonds. The third-order valence-corrected chi connectivity index (χ3v) is 3.34. The minimum Gasteiger partial charge on any atom is -0.478 e. The fraction of sp³-hybridized carbons (Fsp3) is 0.0625. The molecule has 0 saturated carbocycles. The smallest absolute Gasteiger partial charge is 0.335 e. The summed E-state index contributed by atoms with van der Waals surface area (Å²) in [6, 6.07) is 13.9. The molecule has 0 fully saturated rings. The van der Waals surface area contributed by atoms with Gasteiger partial charge in [0.05, 0.1) is 17.9 Å². The van der Waals surface area contributed by atoms with Crippen LogP contribution >= 0.6 is 0 Å². The number of furan rings is 1. The van der Waals surface area contributed by atoms with Crippen LogP contribution in [0.25, 0.3) is 11.0 Å². The second kappa shape index (κ2) is 4.83. The molecule has 0 bridgehead atoms. The van der Waals surface area contributed by atoms with E-state index in [2.05, 4.69) is 0 Å². The third-order valence-electron chi connectivity index (χ3n) is 3.34. The minimum absolute atomic E-state index is 0.228. The molecule has 1 unspecified atom stereocenters. The van der Waals surface area contributed by atoms with Gasteiger partial charge in [0.15, 0.2) is 0 Å². The van der Waals surface area contributed by atoms with Gasteiger partial charge in [-0.05, 0) is 23.8 Å². The summed E-state index contributed by atoms with van der Waals surface area (Å²) < 4.78 is 5.47. The number of hydrogen-bond donors (Lipinski definition) is 2. The molecule has 4 heteroatoms. The van der Waals surface area contributed by atoms with Crippen LogP contribution in [0, 0.1) is 0 Å². The standard InChI is InChI=1S/C16H13NO3/c17-15(10-4-3-5-11(8-10)16(18)19)13-9-20-14-7-2-1-6-12(13)14/h1-9,15H,17H2,(H,18,19). The average Bonchev–Trinajstić information content (AvgIpc) is 2.90. The van der Waals surface area contributed by atoms with Crippen molar-refractivity contribution in [3.63, 3.8) is 0 Å². The summed E-state index contributed by atoms with van der Waals surface area (Å²) in [7, 11) is 0. The van der Waals surface area contributed by atoms with Crippen molar-refractivity contribution in [2.24, 2.45) is 5.73 Å². The quantitative estimate of drug-likeness (QED) is 0.764. The Labute approximate surface area is 115 Å². The maximum atomic E-state index is 11.0. The van der Waals surface area contributed by atoms with E-state index in [1.807, 2.05) is 30.3 Å². The first kappa shape index (κ1) is 12.4. The summed E-state index contributed by atoms with van der Waals surface area (Å²) in [5, 5.41) is 9.98. The molecule has 100 valence electrons. The van der Waals surface area contributed by atoms with Crippen LogP contribution in [0.2, 0.25) is 0 Å². The summed E-state index contributed by atoms with van der Waals surface area (Å²) in [6.07, 6.45) is 1.63. The van der Waals surface area contributed by atoms with Crippen molar-refractivity contribution in [2.75, 3.05) is 0 Å². The van der Waals surface area contributed by atoms with Crippen LogP contribution in [0.15, 0.2) is 59.2 Å². The molecule has 20 heavy (non-hydrogen) atoms. The van der Waals surface area contributed by atoms with Crippen molar-refractivity contribution >= 4 is 16.9 Å². The Bertz CT molecular complexity index is 776. The summed E-state index contributed by atoms with van der Waals surface area (Å²) in [6.45, 7) is 0. The highest BCUT2D eigenvalue weighted by Gasteiger charge is 2.16. The molecule has 1 atom stereocenters. The highest BCUT2D eigenvalue weighted by molar-refractivity contribution is 5.88. The van der Waals surface area contributed by atoms with E-state index in [1.165, 1.54) is 0 Å². The molecule has 0 saturated heterocycles.